The maximum absolute atomic E-state index is 3.39. The zero-order chi connectivity index (χ0) is 13.2. The van der Waals surface area contributed by atoms with Gasteiger partial charge in [-0.15, -0.1) is 0 Å². The maximum atomic E-state index is 3.39. The first-order valence-corrected chi connectivity index (χ1v) is 14.9. The summed E-state index contributed by atoms with van der Waals surface area (Å²) in [6.07, 6.45) is 5.55. The van der Waals surface area contributed by atoms with E-state index < -0.39 is 0 Å². The first-order chi connectivity index (χ1) is 9.20. The molecule has 3 aliphatic rings. The Labute approximate surface area is 153 Å². The van der Waals surface area contributed by atoms with E-state index in [-0.39, 0.29) is 0 Å². The summed E-state index contributed by atoms with van der Waals surface area (Å²) in [5.74, 6) is 2.82. The molecular formula is C13H18S2Se4. The molecule has 19 heavy (non-hydrogen) atoms. The summed E-state index contributed by atoms with van der Waals surface area (Å²) in [6, 6.07) is 0. The van der Waals surface area contributed by atoms with Gasteiger partial charge >= 0.3 is 155 Å². The third-order valence-electron chi connectivity index (χ3n) is 3.55. The van der Waals surface area contributed by atoms with Gasteiger partial charge in [0, 0.05) is 0 Å². The Hall–Kier alpha value is 2.52. The molecule has 0 spiro atoms. The van der Waals surface area contributed by atoms with E-state index in [0.717, 1.165) is 50.0 Å². The van der Waals surface area contributed by atoms with Crippen LogP contribution in [0.15, 0.2) is 0 Å². The van der Waals surface area contributed by atoms with Crippen molar-refractivity contribution in [1.82, 2.24) is 0 Å². The molecule has 3 heterocycles. The van der Waals surface area contributed by atoms with Gasteiger partial charge in [0.25, 0.3) is 0 Å². The van der Waals surface area contributed by atoms with E-state index in [1.807, 2.05) is 0 Å². The van der Waals surface area contributed by atoms with Gasteiger partial charge in [-0.1, -0.05) is 0 Å². The van der Waals surface area contributed by atoms with E-state index >= 15 is 0 Å². The molecule has 0 radical (unpaired) electrons. The fraction of sp³-hybridized carbons (Fsp3) is 0.846. The molecule has 3 rings (SSSR count). The van der Waals surface area contributed by atoms with Gasteiger partial charge in [0.15, 0.2) is 0 Å². The summed E-state index contributed by atoms with van der Waals surface area (Å²) in [4.78, 5) is 2.12. The normalized spacial score (nSPS) is 36.2. The second kappa shape index (κ2) is 7.87. The topological polar surface area (TPSA) is 0 Å². The Morgan fingerprint density at radius 2 is 1.26 bits per heavy atom. The van der Waals surface area contributed by atoms with Gasteiger partial charge in [-0.05, 0) is 0 Å². The van der Waals surface area contributed by atoms with Crippen molar-refractivity contribution >= 4 is 93.4 Å². The van der Waals surface area contributed by atoms with E-state index in [1.54, 1.807) is 13.1 Å². The van der Waals surface area contributed by atoms with Crippen molar-refractivity contribution in [2.45, 2.75) is 50.0 Å². The summed E-state index contributed by atoms with van der Waals surface area (Å²) >= 11 is 12.9. The zero-order valence-electron chi connectivity index (χ0n) is 10.7. The summed E-state index contributed by atoms with van der Waals surface area (Å²) in [5, 5.41) is 1.95. The molecule has 0 amide bonds. The Kier molecular flexibility index (Phi) is 6.78. The Morgan fingerprint density at radius 1 is 0.842 bits per heavy atom. The summed E-state index contributed by atoms with van der Waals surface area (Å²) < 4.78 is 4.96. The van der Waals surface area contributed by atoms with Gasteiger partial charge in [0.05, 0.1) is 0 Å². The van der Waals surface area contributed by atoms with Crippen LogP contribution < -0.4 is 0 Å². The number of hydrogen-bond acceptors (Lipinski definition) is 2. The van der Waals surface area contributed by atoms with E-state index in [4.69, 9.17) is 0 Å². The van der Waals surface area contributed by atoms with Crippen molar-refractivity contribution in [3.63, 3.8) is 0 Å². The molecule has 6 heteroatoms. The van der Waals surface area contributed by atoms with Gasteiger partial charge in [0.2, 0.25) is 0 Å². The molecule has 0 N–H and O–H groups in total. The Bertz CT molecular complexity index is 332. The Balaban J connectivity index is 1.43. The van der Waals surface area contributed by atoms with Crippen LogP contribution in [0, 0.1) is 0 Å². The van der Waals surface area contributed by atoms with Crippen molar-refractivity contribution in [3.05, 3.63) is 0 Å². The second-order valence-electron chi connectivity index (χ2n) is 5.33. The van der Waals surface area contributed by atoms with Crippen LogP contribution in [0.2, 0.25) is 13.9 Å². The van der Waals surface area contributed by atoms with Crippen molar-refractivity contribution in [2.75, 3.05) is 11.5 Å². The molecular weight excluding hydrogens is 536 g/mol. The van der Waals surface area contributed by atoms with Crippen LogP contribution >= 0.6 is 23.5 Å². The minimum absolute atomic E-state index is 0.936. The predicted molar refractivity (Wildman–Crippen MR) is 96.3 cm³/mol. The number of thioether (sulfide) groups is 2. The molecule has 106 valence electrons. The minimum atomic E-state index is 0.936. The number of hydrogen-bond donors (Lipinski definition) is 0. The standard InChI is InChI=1S/C13H18S2Se4/c16-10(1-8-5-14-8)3-12-13(19-7-18-12)4-11(17)2-9-6-15-9/h8-9,12-13H,1-7H2. The molecule has 0 saturated carbocycles. The third kappa shape index (κ3) is 5.91. The van der Waals surface area contributed by atoms with Crippen molar-refractivity contribution in [1.29, 1.82) is 0 Å². The summed E-state index contributed by atoms with van der Waals surface area (Å²) in [7, 11) is 0. The molecule has 3 fully saturated rings. The van der Waals surface area contributed by atoms with Crippen LogP contribution in [0.5, 0.6) is 0 Å². The SMILES string of the molecule is [Se]=C(CC1CS1)CC1[Se]C[Se]C1CC(=[Se])CC1CS1. The summed E-state index contributed by atoms with van der Waals surface area (Å²) in [5.41, 5.74) is 0. The van der Waals surface area contributed by atoms with E-state index in [9.17, 15) is 0 Å². The predicted octanol–water partition coefficient (Wildman–Crippen LogP) is 1.83. The van der Waals surface area contributed by atoms with Crippen molar-refractivity contribution < 1.29 is 0 Å². The van der Waals surface area contributed by atoms with E-state index in [2.05, 4.69) is 54.7 Å². The van der Waals surface area contributed by atoms with Crippen LogP contribution in [0.25, 0.3) is 0 Å². The van der Waals surface area contributed by atoms with Gasteiger partial charge in [-0.2, -0.15) is 0 Å². The molecule has 4 atom stereocenters. The fourth-order valence-electron chi connectivity index (χ4n) is 2.30. The third-order valence-corrected chi connectivity index (χ3v) is 15.2. The quantitative estimate of drug-likeness (QED) is 0.332. The van der Waals surface area contributed by atoms with Gasteiger partial charge in [-0.25, -0.2) is 0 Å². The molecule has 0 aromatic rings. The van der Waals surface area contributed by atoms with Crippen molar-refractivity contribution in [3.8, 4) is 0 Å². The molecule has 0 nitrogen and oxygen atoms in total. The second-order valence-corrected chi connectivity index (χ2v) is 17.4. The molecule has 0 aliphatic carbocycles. The van der Waals surface area contributed by atoms with Gasteiger partial charge in [-0.3, -0.25) is 0 Å². The molecule has 3 aliphatic heterocycles. The fourth-order valence-corrected chi connectivity index (χ4v) is 16.5. The van der Waals surface area contributed by atoms with Crippen LogP contribution in [0.3, 0.4) is 0 Å². The average molecular weight is 554 g/mol. The monoisotopic (exact) mass is 558 g/mol. The average Bonchev–Trinajstić information content (AvgIpc) is 3.25. The number of rotatable bonds is 8. The first-order valence-electron chi connectivity index (χ1n) is 6.70. The van der Waals surface area contributed by atoms with Crippen LogP contribution in [-0.4, -0.2) is 91.9 Å². The van der Waals surface area contributed by atoms with E-state index in [0.29, 0.717) is 0 Å². The van der Waals surface area contributed by atoms with Crippen LogP contribution in [0.4, 0.5) is 0 Å². The Morgan fingerprint density at radius 3 is 1.63 bits per heavy atom. The van der Waals surface area contributed by atoms with Gasteiger partial charge in [0.1, 0.15) is 0 Å². The van der Waals surface area contributed by atoms with Crippen LogP contribution in [-0.2, 0) is 0 Å². The van der Waals surface area contributed by atoms with E-state index in [1.165, 1.54) is 37.2 Å². The summed E-state index contributed by atoms with van der Waals surface area (Å²) in [6.45, 7) is 0. The first kappa shape index (κ1) is 16.4. The molecule has 0 aromatic heterocycles. The van der Waals surface area contributed by atoms with Crippen molar-refractivity contribution in [2.24, 2.45) is 0 Å². The molecule has 4 unspecified atom stereocenters. The van der Waals surface area contributed by atoms with Crippen LogP contribution in [0.1, 0.15) is 25.7 Å². The molecule has 0 aromatic carbocycles. The molecule has 3 saturated heterocycles. The molecule has 0 bridgehead atoms. The van der Waals surface area contributed by atoms with Gasteiger partial charge < -0.3 is 0 Å². The zero-order valence-corrected chi connectivity index (χ0v) is 19.2.